The number of nitrogens with zero attached hydrogens (tertiary/aromatic N) is 1. The standard InChI is InChI=1S/C12H23N3O2.ClH/c1-8(2)14-11(16)7-15(3)12(17)9-4-5-10(13)6-9;/h8-10H,4-7,13H2,1-3H3,(H,14,16);1H. The summed E-state index contributed by atoms with van der Waals surface area (Å²) in [5.74, 6) is -0.0724. The van der Waals surface area contributed by atoms with Crippen LogP contribution in [0.5, 0.6) is 0 Å². The largest absolute Gasteiger partial charge is 0.352 e. The monoisotopic (exact) mass is 277 g/mol. The maximum Gasteiger partial charge on any atom is 0.239 e. The van der Waals surface area contributed by atoms with E-state index in [2.05, 4.69) is 5.32 Å². The Morgan fingerprint density at radius 2 is 2.00 bits per heavy atom. The number of rotatable bonds is 4. The number of nitrogens with two attached hydrogens (primary N) is 1. The molecule has 106 valence electrons. The average Bonchev–Trinajstić information content (AvgIpc) is 2.62. The Bertz CT molecular complexity index is 297. The Balaban J connectivity index is 0.00000289. The van der Waals surface area contributed by atoms with Gasteiger partial charge < -0.3 is 16.0 Å². The van der Waals surface area contributed by atoms with Gasteiger partial charge in [0.25, 0.3) is 0 Å². The van der Waals surface area contributed by atoms with Gasteiger partial charge in [-0.25, -0.2) is 0 Å². The van der Waals surface area contributed by atoms with Gasteiger partial charge in [-0.05, 0) is 33.1 Å². The number of amides is 2. The van der Waals surface area contributed by atoms with Crippen LogP contribution in [0.4, 0.5) is 0 Å². The highest BCUT2D eigenvalue weighted by Crippen LogP contribution is 2.25. The van der Waals surface area contributed by atoms with Gasteiger partial charge in [0.15, 0.2) is 0 Å². The minimum Gasteiger partial charge on any atom is -0.352 e. The number of halogens is 1. The molecule has 1 fully saturated rings. The normalized spacial score (nSPS) is 22.5. The van der Waals surface area contributed by atoms with E-state index >= 15 is 0 Å². The highest BCUT2D eigenvalue weighted by Gasteiger charge is 2.30. The van der Waals surface area contributed by atoms with Gasteiger partial charge in [-0.2, -0.15) is 0 Å². The molecular weight excluding hydrogens is 254 g/mol. The lowest BCUT2D eigenvalue weighted by Crippen LogP contribution is -2.42. The molecule has 0 aromatic heterocycles. The molecule has 2 unspecified atom stereocenters. The predicted molar refractivity (Wildman–Crippen MR) is 73.5 cm³/mol. The fourth-order valence-electron chi connectivity index (χ4n) is 2.21. The van der Waals surface area contributed by atoms with Gasteiger partial charge in [-0.3, -0.25) is 9.59 Å². The second kappa shape index (κ2) is 7.59. The summed E-state index contributed by atoms with van der Waals surface area (Å²) in [5, 5.41) is 2.77. The van der Waals surface area contributed by atoms with E-state index in [1.807, 2.05) is 13.8 Å². The molecule has 18 heavy (non-hydrogen) atoms. The van der Waals surface area contributed by atoms with Crippen LogP contribution >= 0.6 is 12.4 Å². The molecule has 0 radical (unpaired) electrons. The van der Waals surface area contributed by atoms with E-state index in [0.717, 1.165) is 19.3 Å². The van der Waals surface area contributed by atoms with Gasteiger partial charge in [0.1, 0.15) is 0 Å². The summed E-state index contributed by atoms with van der Waals surface area (Å²) >= 11 is 0. The van der Waals surface area contributed by atoms with Gasteiger partial charge in [0.05, 0.1) is 6.54 Å². The van der Waals surface area contributed by atoms with Crippen molar-refractivity contribution in [2.75, 3.05) is 13.6 Å². The molecule has 5 nitrogen and oxygen atoms in total. The van der Waals surface area contributed by atoms with Crippen LogP contribution in [0.2, 0.25) is 0 Å². The molecule has 0 bridgehead atoms. The maximum absolute atomic E-state index is 12.0. The summed E-state index contributed by atoms with van der Waals surface area (Å²) in [6, 6.07) is 0.243. The van der Waals surface area contributed by atoms with Crippen molar-refractivity contribution < 1.29 is 9.59 Å². The third kappa shape index (κ3) is 5.23. The number of carbonyl (C=O) groups excluding carboxylic acids is 2. The van der Waals surface area contributed by atoms with E-state index in [4.69, 9.17) is 5.73 Å². The lowest BCUT2D eigenvalue weighted by Gasteiger charge is -2.21. The van der Waals surface area contributed by atoms with E-state index < -0.39 is 0 Å². The summed E-state index contributed by atoms with van der Waals surface area (Å²) < 4.78 is 0. The van der Waals surface area contributed by atoms with Crippen molar-refractivity contribution in [1.29, 1.82) is 0 Å². The minimum absolute atomic E-state index is 0. The third-order valence-corrected chi connectivity index (χ3v) is 3.03. The van der Waals surface area contributed by atoms with Gasteiger partial charge >= 0.3 is 0 Å². The molecule has 0 aromatic carbocycles. The Morgan fingerprint density at radius 3 is 2.44 bits per heavy atom. The van der Waals surface area contributed by atoms with E-state index in [1.165, 1.54) is 4.90 Å². The van der Waals surface area contributed by atoms with Crippen LogP contribution < -0.4 is 11.1 Å². The van der Waals surface area contributed by atoms with Crippen molar-refractivity contribution in [3.05, 3.63) is 0 Å². The van der Waals surface area contributed by atoms with Gasteiger partial charge in [-0.15, -0.1) is 12.4 Å². The quantitative estimate of drug-likeness (QED) is 0.787. The molecule has 2 amide bonds. The zero-order valence-corrected chi connectivity index (χ0v) is 12.1. The van der Waals surface area contributed by atoms with E-state index in [1.54, 1.807) is 7.05 Å². The van der Waals surface area contributed by atoms with Gasteiger partial charge in [0.2, 0.25) is 11.8 Å². The number of nitrogens with one attached hydrogen (secondary N) is 1. The van der Waals surface area contributed by atoms with Crippen molar-refractivity contribution in [3.8, 4) is 0 Å². The Hall–Kier alpha value is -0.810. The Morgan fingerprint density at radius 1 is 1.39 bits per heavy atom. The fraction of sp³-hybridized carbons (Fsp3) is 0.833. The summed E-state index contributed by atoms with van der Waals surface area (Å²) in [7, 11) is 1.67. The number of hydrogen-bond donors (Lipinski definition) is 2. The molecule has 0 saturated heterocycles. The molecule has 1 aliphatic carbocycles. The van der Waals surface area contributed by atoms with E-state index in [-0.39, 0.29) is 48.8 Å². The lowest BCUT2D eigenvalue weighted by molar-refractivity contribution is -0.138. The first kappa shape index (κ1) is 17.2. The van der Waals surface area contributed by atoms with Crippen LogP contribution in [0.1, 0.15) is 33.1 Å². The fourth-order valence-corrected chi connectivity index (χ4v) is 2.21. The van der Waals surface area contributed by atoms with Crippen LogP contribution in [-0.2, 0) is 9.59 Å². The minimum atomic E-state index is -0.113. The molecule has 0 heterocycles. The number of likely N-dealkylation sites (N-methyl/N-ethyl adjacent to an activating group) is 1. The first-order valence-corrected chi connectivity index (χ1v) is 6.20. The van der Waals surface area contributed by atoms with Gasteiger partial charge in [-0.1, -0.05) is 0 Å². The smallest absolute Gasteiger partial charge is 0.239 e. The number of carbonyl (C=O) groups is 2. The molecule has 0 aromatic rings. The second-order valence-electron chi connectivity index (χ2n) is 5.19. The third-order valence-electron chi connectivity index (χ3n) is 3.03. The lowest BCUT2D eigenvalue weighted by atomic mass is 10.1. The van der Waals surface area contributed by atoms with Crippen LogP contribution in [0.15, 0.2) is 0 Å². The van der Waals surface area contributed by atoms with Gasteiger partial charge in [0, 0.05) is 25.0 Å². The van der Waals surface area contributed by atoms with E-state index in [9.17, 15) is 9.59 Å². The summed E-state index contributed by atoms with van der Waals surface area (Å²) in [6.45, 7) is 3.92. The molecule has 2 atom stereocenters. The molecule has 1 aliphatic rings. The molecule has 0 spiro atoms. The van der Waals surface area contributed by atoms with Crippen LogP contribution in [0.25, 0.3) is 0 Å². The predicted octanol–water partition coefficient (Wildman–Crippen LogP) is 0.519. The Labute approximate surface area is 115 Å². The second-order valence-corrected chi connectivity index (χ2v) is 5.19. The Kier molecular flexibility index (Phi) is 7.25. The van der Waals surface area contributed by atoms with Crippen molar-refractivity contribution in [2.45, 2.75) is 45.2 Å². The number of hydrogen-bond acceptors (Lipinski definition) is 3. The average molecular weight is 278 g/mol. The highest BCUT2D eigenvalue weighted by atomic mass is 35.5. The molecule has 0 aliphatic heterocycles. The SMILES string of the molecule is CC(C)NC(=O)CN(C)C(=O)C1CCC(N)C1.Cl. The maximum atomic E-state index is 12.0. The van der Waals surface area contributed by atoms with E-state index in [0.29, 0.717) is 0 Å². The molecule has 1 rings (SSSR count). The molecule has 1 saturated carbocycles. The highest BCUT2D eigenvalue weighted by molar-refractivity contribution is 5.86. The zero-order chi connectivity index (χ0) is 13.0. The van der Waals surface area contributed by atoms with Crippen molar-refractivity contribution in [2.24, 2.45) is 11.7 Å². The van der Waals surface area contributed by atoms with Crippen molar-refractivity contribution in [3.63, 3.8) is 0 Å². The van der Waals surface area contributed by atoms with Crippen LogP contribution in [-0.4, -0.2) is 42.4 Å². The van der Waals surface area contributed by atoms with Crippen molar-refractivity contribution in [1.82, 2.24) is 10.2 Å². The first-order valence-electron chi connectivity index (χ1n) is 6.20. The summed E-state index contributed by atoms with van der Waals surface area (Å²) in [6.07, 6.45) is 2.49. The first-order chi connectivity index (χ1) is 7.90. The topological polar surface area (TPSA) is 75.4 Å². The van der Waals surface area contributed by atoms with Crippen LogP contribution in [0.3, 0.4) is 0 Å². The molecular formula is C12H24ClN3O2. The molecule has 3 N–H and O–H groups in total. The zero-order valence-electron chi connectivity index (χ0n) is 11.3. The molecule has 6 heteroatoms. The van der Waals surface area contributed by atoms with Crippen molar-refractivity contribution >= 4 is 24.2 Å². The summed E-state index contributed by atoms with van der Waals surface area (Å²) in [5.41, 5.74) is 5.78. The summed E-state index contributed by atoms with van der Waals surface area (Å²) in [4.78, 5) is 25.0. The van der Waals surface area contributed by atoms with Crippen LogP contribution in [0, 0.1) is 5.92 Å².